The van der Waals surface area contributed by atoms with Crippen LogP contribution in [0.15, 0.2) is 27.2 Å². The molecule has 1 atom stereocenters. The molecule has 21 heavy (non-hydrogen) atoms. The molecule has 0 aliphatic carbocycles. The number of halogens is 2. The Balaban J connectivity index is 2.21. The normalized spacial score (nSPS) is 14.1. The van der Waals surface area contributed by atoms with E-state index in [4.69, 9.17) is 15.0 Å². The molecular weight excluding hydrogens is 341 g/mol. The second-order valence-electron chi connectivity index (χ2n) is 5.02. The summed E-state index contributed by atoms with van der Waals surface area (Å²) in [7, 11) is 0. The molecule has 1 heterocycles. The van der Waals surface area contributed by atoms with Crippen molar-refractivity contribution in [2.24, 2.45) is 5.73 Å². The van der Waals surface area contributed by atoms with Crippen LogP contribution in [0.1, 0.15) is 26.1 Å². The van der Waals surface area contributed by atoms with E-state index in [0.717, 1.165) is 6.42 Å². The van der Waals surface area contributed by atoms with E-state index < -0.39 is 11.4 Å². The van der Waals surface area contributed by atoms with Crippen LogP contribution >= 0.6 is 15.9 Å². The number of hydrogen-bond donors (Lipinski definition) is 1. The van der Waals surface area contributed by atoms with Crippen molar-refractivity contribution >= 4 is 15.9 Å². The van der Waals surface area contributed by atoms with E-state index in [1.807, 2.05) is 6.92 Å². The van der Waals surface area contributed by atoms with Gasteiger partial charge in [-0.15, -0.1) is 0 Å². The highest BCUT2D eigenvalue weighted by Gasteiger charge is 2.28. The monoisotopic (exact) mass is 357 g/mol. The molecule has 0 aliphatic rings. The second kappa shape index (κ2) is 6.64. The van der Waals surface area contributed by atoms with Crippen LogP contribution in [0.25, 0.3) is 11.5 Å². The molecule has 2 rings (SSSR count). The lowest BCUT2D eigenvalue weighted by Crippen LogP contribution is -2.39. The van der Waals surface area contributed by atoms with Gasteiger partial charge in [0.25, 0.3) is 5.89 Å². The number of nitrogens with zero attached hydrogens (tertiary/aromatic N) is 2. The Kier molecular flexibility index (Phi) is 5.08. The van der Waals surface area contributed by atoms with E-state index in [1.54, 1.807) is 19.1 Å². The van der Waals surface area contributed by atoms with Crippen LogP contribution in [0, 0.1) is 5.82 Å². The molecule has 2 aromatic rings. The largest absolute Gasteiger partial charge is 0.379 e. The first-order valence-electron chi connectivity index (χ1n) is 6.60. The smallest absolute Gasteiger partial charge is 0.260 e. The molecule has 0 aliphatic heterocycles. The van der Waals surface area contributed by atoms with Crippen LogP contribution in [0.4, 0.5) is 4.39 Å². The zero-order valence-electron chi connectivity index (χ0n) is 11.9. The van der Waals surface area contributed by atoms with Gasteiger partial charge in [-0.2, -0.15) is 4.98 Å². The van der Waals surface area contributed by atoms with Crippen molar-refractivity contribution in [3.05, 3.63) is 34.3 Å². The maximum atomic E-state index is 13.9. The number of rotatable bonds is 6. The first kappa shape index (κ1) is 16.1. The topological polar surface area (TPSA) is 74.2 Å². The maximum Gasteiger partial charge on any atom is 0.260 e. The molecule has 0 spiro atoms. The standard InChI is InChI=1S/C14H17BrFN3O2/c1-3-6-20-8-14(2,17)13-18-12(21-19-13)10-5-4-9(15)7-11(10)16/h4-5,7H,3,6,8,17H2,1-2H3. The van der Waals surface area contributed by atoms with Crippen molar-refractivity contribution in [2.45, 2.75) is 25.8 Å². The fourth-order valence-electron chi connectivity index (χ4n) is 1.72. The highest BCUT2D eigenvalue weighted by molar-refractivity contribution is 9.10. The molecule has 0 radical (unpaired) electrons. The van der Waals surface area contributed by atoms with Gasteiger partial charge in [0.2, 0.25) is 0 Å². The maximum absolute atomic E-state index is 13.9. The Bertz CT molecular complexity index is 616. The molecule has 0 saturated heterocycles. The molecule has 7 heteroatoms. The van der Waals surface area contributed by atoms with Gasteiger partial charge < -0.3 is 15.0 Å². The fourth-order valence-corrected chi connectivity index (χ4v) is 2.05. The van der Waals surface area contributed by atoms with E-state index in [0.29, 0.717) is 11.1 Å². The molecule has 0 bridgehead atoms. The van der Waals surface area contributed by atoms with Crippen LogP contribution < -0.4 is 5.73 Å². The SMILES string of the molecule is CCCOCC(C)(N)c1noc(-c2ccc(Br)cc2F)n1. The van der Waals surface area contributed by atoms with Gasteiger partial charge in [0, 0.05) is 11.1 Å². The van der Waals surface area contributed by atoms with Crippen molar-refractivity contribution in [2.75, 3.05) is 13.2 Å². The molecule has 0 amide bonds. The summed E-state index contributed by atoms with van der Waals surface area (Å²) in [4.78, 5) is 4.18. The second-order valence-corrected chi connectivity index (χ2v) is 5.93. The quantitative estimate of drug-likeness (QED) is 0.803. The van der Waals surface area contributed by atoms with Crippen molar-refractivity contribution < 1.29 is 13.7 Å². The molecule has 114 valence electrons. The van der Waals surface area contributed by atoms with Crippen LogP contribution in [-0.2, 0) is 10.3 Å². The fraction of sp³-hybridized carbons (Fsp3) is 0.429. The van der Waals surface area contributed by atoms with E-state index >= 15 is 0 Å². The highest BCUT2D eigenvalue weighted by Crippen LogP contribution is 2.26. The van der Waals surface area contributed by atoms with Crippen molar-refractivity contribution in [3.63, 3.8) is 0 Å². The number of hydrogen-bond acceptors (Lipinski definition) is 5. The minimum Gasteiger partial charge on any atom is -0.379 e. The van der Waals surface area contributed by atoms with Gasteiger partial charge >= 0.3 is 0 Å². The Morgan fingerprint density at radius 3 is 2.90 bits per heavy atom. The number of aromatic nitrogens is 2. The number of benzene rings is 1. The van der Waals surface area contributed by atoms with Crippen molar-refractivity contribution in [1.82, 2.24) is 10.1 Å². The highest BCUT2D eigenvalue weighted by atomic mass is 79.9. The molecule has 0 fully saturated rings. The average Bonchev–Trinajstić information content (AvgIpc) is 2.89. The summed E-state index contributed by atoms with van der Waals surface area (Å²) in [5.74, 6) is -0.0568. The summed E-state index contributed by atoms with van der Waals surface area (Å²) in [6.45, 7) is 4.63. The minimum absolute atomic E-state index is 0.0992. The Labute approximate surface area is 130 Å². The van der Waals surface area contributed by atoms with Gasteiger partial charge in [0.15, 0.2) is 5.82 Å². The minimum atomic E-state index is -0.886. The third kappa shape index (κ3) is 3.87. The van der Waals surface area contributed by atoms with E-state index in [2.05, 4.69) is 26.1 Å². The summed E-state index contributed by atoms with van der Waals surface area (Å²) in [6, 6.07) is 4.61. The first-order chi connectivity index (χ1) is 9.94. The third-order valence-electron chi connectivity index (χ3n) is 2.85. The van der Waals surface area contributed by atoms with Gasteiger partial charge in [-0.3, -0.25) is 0 Å². The summed E-state index contributed by atoms with van der Waals surface area (Å²) in [5, 5.41) is 3.84. The van der Waals surface area contributed by atoms with Crippen LogP contribution in [0.2, 0.25) is 0 Å². The zero-order chi connectivity index (χ0) is 15.5. The zero-order valence-corrected chi connectivity index (χ0v) is 13.5. The summed E-state index contributed by atoms with van der Waals surface area (Å²) < 4.78 is 25.1. The van der Waals surface area contributed by atoms with Gasteiger partial charge in [0.1, 0.15) is 11.4 Å². The van der Waals surface area contributed by atoms with Crippen LogP contribution in [0.3, 0.4) is 0 Å². The molecular formula is C14H17BrFN3O2. The lowest BCUT2D eigenvalue weighted by atomic mass is 10.1. The Morgan fingerprint density at radius 2 is 2.24 bits per heavy atom. The number of nitrogens with two attached hydrogens (primary N) is 1. The molecule has 1 aromatic heterocycles. The van der Waals surface area contributed by atoms with Gasteiger partial charge in [-0.25, -0.2) is 4.39 Å². The van der Waals surface area contributed by atoms with Crippen molar-refractivity contribution in [1.29, 1.82) is 0 Å². The lowest BCUT2D eigenvalue weighted by molar-refractivity contribution is 0.0867. The van der Waals surface area contributed by atoms with Gasteiger partial charge in [0.05, 0.1) is 12.2 Å². The predicted octanol–water partition coefficient (Wildman–Crippen LogP) is 3.24. The molecule has 2 N–H and O–H groups in total. The van der Waals surface area contributed by atoms with E-state index in [1.165, 1.54) is 6.07 Å². The lowest BCUT2D eigenvalue weighted by Gasteiger charge is -2.19. The van der Waals surface area contributed by atoms with Gasteiger partial charge in [-0.1, -0.05) is 28.0 Å². The average molecular weight is 358 g/mol. The van der Waals surface area contributed by atoms with E-state index in [-0.39, 0.29) is 23.9 Å². The third-order valence-corrected chi connectivity index (χ3v) is 3.34. The van der Waals surface area contributed by atoms with Crippen molar-refractivity contribution in [3.8, 4) is 11.5 Å². The number of ether oxygens (including phenoxy) is 1. The summed E-state index contributed by atoms with van der Waals surface area (Å²) >= 11 is 3.20. The Hall–Kier alpha value is -1.31. The first-order valence-corrected chi connectivity index (χ1v) is 7.39. The summed E-state index contributed by atoms with van der Waals surface area (Å²) in [5.41, 5.74) is 5.47. The molecule has 1 unspecified atom stereocenters. The molecule has 5 nitrogen and oxygen atoms in total. The Morgan fingerprint density at radius 1 is 1.48 bits per heavy atom. The van der Waals surface area contributed by atoms with E-state index in [9.17, 15) is 4.39 Å². The predicted molar refractivity (Wildman–Crippen MR) is 80.0 cm³/mol. The van der Waals surface area contributed by atoms with Gasteiger partial charge in [-0.05, 0) is 31.5 Å². The van der Waals surface area contributed by atoms with Crippen LogP contribution in [0.5, 0.6) is 0 Å². The molecule has 0 saturated carbocycles. The molecule has 1 aromatic carbocycles. The summed E-state index contributed by atoms with van der Waals surface area (Å²) in [6.07, 6.45) is 0.900. The van der Waals surface area contributed by atoms with Crippen LogP contribution in [-0.4, -0.2) is 23.4 Å².